The van der Waals surface area contributed by atoms with Crippen LogP contribution in [-0.4, -0.2) is 60.4 Å². The molecule has 32 heavy (non-hydrogen) atoms. The molecule has 0 aliphatic carbocycles. The van der Waals surface area contributed by atoms with Crippen LogP contribution in [0, 0.1) is 5.92 Å². The molecule has 2 aromatic carbocycles. The molecule has 3 aromatic rings. The fraction of sp³-hybridized carbons (Fsp3) is 0.360. The van der Waals surface area contributed by atoms with Crippen LogP contribution in [-0.2, 0) is 4.79 Å². The minimum atomic E-state index is -0.650. The van der Waals surface area contributed by atoms with Crippen molar-refractivity contribution in [3.63, 3.8) is 0 Å². The topological polar surface area (TPSA) is 97.9 Å². The van der Waals surface area contributed by atoms with Gasteiger partial charge >= 0.3 is 0 Å². The van der Waals surface area contributed by atoms with Gasteiger partial charge in [-0.3, -0.25) is 9.78 Å². The van der Waals surface area contributed by atoms with E-state index in [1.54, 1.807) is 19.5 Å². The lowest BCUT2D eigenvalue weighted by Crippen LogP contribution is -2.43. The van der Waals surface area contributed by atoms with Crippen LogP contribution >= 0.6 is 0 Å². The highest BCUT2D eigenvalue weighted by atomic mass is 16.5. The number of β-amino-alcohol motifs (C(OH)–C–C–N with tert-alkyl or cyclic N) is 1. The van der Waals surface area contributed by atoms with Gasteiger partial charge in [-0.15, -0.1) is 0 Å². The van der Waals surface area contributed by atoms with Gasteiger partial charge in [0.05, 0.1) is 13.3 Å². The van der Waals surface area contributed by atoms with Crippen molar-refractivity contribution in [2.75, 3.05) is 33.4 Å². The Bertz CT molecular complexity index is 1080. The number of rotatable bonds is 8. The number of hydrogen-bond acceptors (Lipinski definition) is 6. The number of pyridine rings is 1. The fourth-order valence-corrected chi connectivity index (χ4v) is 4.27. The van der Waals surface area contributed by atoms with Crippen molar-refractivity contribution >= 4 is 16.7 Å². The Hall–Kier alpha value is -3.16. The summed E-state index contributed by atoms with van der Waals surface area (Å²) in [5.41, 5.74) is 7.22. The third-order valence-electron chi connectivity index (χ3n) is 6.02. The van der Waals surface area contributed by atoms with Crippen molar-refractivity contribution in [2.45, 2.75) is 18.9 Å². The number of carbonyl (C=O) groups excluding carboxylic acids is 1. The third kappa shape index (κ3) is 5.00. The molecule has 4 rings (SSSR count). The second-order valence-electron chi connectivity index (χ2n) is 8.22. The van der Waals surface area contributed by atoms with Gasteiger partial charge in [0.1, 0.15) is 24.2 Å². The van der Waals surface area contributed by atoms with Crippen LogP contribution in [0.3, 0.4) is 0 Å². The summed E-state index contributed by atoms with van der Waals surface area (Å²) >= 11 is 0. The monoisotopic (exact) mass is 435 g/mol. The van der Waals surface area contributed by atoms with Gasteiger partial charge < -0.3 is 25.2 Å². The first-order valence-electron chi connectivity index (χ1n) is 10.9. The van der Waals surface area contributed by atoms with Crippen molar-refractivity contribution in [3.05, 3.63) is 54.9 Å². The van der Waals surface area contributed by atoms with Crippen molar-refractivity contribution in [1.82, 2.24) is 9.88 Å². The number of aliphatic hydroxyl groups is 1. The first-order chi connectivity index (χ1) is 15.5. The van der Waals surface area contributed by atoms with E-state index >= 15 is 0 Å². The molecule has 7 heteroatoms. The smallest absolute Gasteiger partial charge is 0.220 e. The highest BCUT2D eigenvalue weighted by molar-refractivity contribution is 5.99. The highest BCUT2D eigenvalue weighted by Gasteiger charge is 2.24. The maximum Gasteiger partial charge on any atom is 0.220 e. The van der Waals surface area contributed by atoms with E-state index in [9.17, 15) is 9.90 Å². The number of benzene rings is 2. The SMILES string of the molecule is COc1cncc(-c2c(OCC(O)CN3CCC(C(N)=O)CC3)ccc3ccccc23)c1. The molecule has 7 nitrogen and oxygen atoms in total. The summed E-state index contributed by atoms with van der Waals surface area (Å²) in [4.78, 5) is 17.8. The number of aliphatic hydroxyl groups excluding tert-OH is 1. The van der Waals surface area contributed by atoms with E-state index in [4.69, 9.17) is 15.2 Å². The Morgan fingerprint density at radius 2 is 2.00 bits per heavy atom. The van der Waals surface area contributed by atoms with Crippen LogP contribution in [0.5, 0.6) is 11.5 Å². The van der Waals surface area contributed by atoms with Gasteiger partial charge in [-0.05, 0) is 48.8 Å². The van der Waals surface area contributed by atoms with E-state index in [1.807, 2.05) is 30.3 Å². The average Bonchev–Trinajstić information content (AvgIpc) is 2.82. The van der Waals surface area contributed by atoms with Crippen LogP contribution in [0.15, 0.2) is 54.9 Å². The predicted molar refractivity (Wildman–Crippen MR) is 124 cm³/mol. The normalized spacial score (nSPS) is 16.1. The summed E-state index contributed by atoms with van der Waals surface area (Å²) in [6, 6.07) is 14.0. The number of fused-ring (bicyclic) bond motifs is 1. The van der Waals surface area contributed by atoms with Crippen LogP contribution in [0.4, 0.5) is 0 Å². The zero-order chi connectivity index (χ0) is 22.5. The Balaban J connectivity index is 1.50. The van der Waals surface area contributed by atoms with Gasteiger partial charge in [0, 0.05) is 29.8 Å². The number of aromatic nitrogens is 1. The van der Waals surface area contributed by atoms with Gasteiger partial charge in [0.15, 0.2) is 0 Å². The lowest BCUT2D eigenvalue weighted by Gasteiger charge is -2.31. The molecule has 1 fully saturated rings. The van der Waals surface area contributed by atoms with Crippen LogP contribution in [0.25, 0.3) is 21.9 Å². The van der Waals surface area contributed by atoms with Gasteiger partial charge in [0.2, 0.25) is 5.91 Å². The lowest BCUT2D eigenvalue weighted by molar-refractivity contribution is -0.123. The number of primary amides is 1. The minimum Gasteiger partial charge on any atom is -0.495 e. The van der Waals surface area contributed by atoms with Gasteiger partial charge in [0.25, 0.3) is 0 Å². The number of amides is 1. The molecule has 2 heterocycles. The molecule has 1 amide bonds. The number of methoxy groups -OCH3 is 1. The quantitative estimate of drug-likeness (QED) is 0.565. The number of carbonyl (C=O) groups is 1. The molecule has 1 aromatic heterocycles. The van der Waals surface area contributed by atoms with Crippen molar-refractivity contribution in [3.8, 4) is 22.6 Å². The first-order valence-corrected chi connectivity index (χ1v) is 10.9. The van der Waals surface area contributed by atoms with Gasteiger partial charge in [-0.2, -0.15) is 0 Å². The number of nitrogens with zero attached hydrogens (tertiary/aromatic N) is 2. The Kier molecular flexibility index (Phi) is 6.87. The van der Waals surface area contributed by atoms with Gasteiger partial charge in [-0.25, -0.2) is 0 Å². The molecule has 1 aliphatic heterocycles. The fourth-order valence-electron chi connectivity index (χ4n) is 4.27. The van der Waals surface area contributed by atoms with E-state index in [0.717, 1.165) is 47.8 Å². The molecular weight excluding hydrogens is 406 g/mol. The molecule has 0 radical (unpaired) electrons. The first kappa shape index (κ1) is 22.0. The van der Waals surface area contributed by atoms with Crippen LogP contribution < -0.4 is 15.2 Å². The molecule has 1 aliphatic rings. The van der Waals surface area contributed by atoms with Crippen molar-refractivity contribution in [2.24, 2.45) is 11.7 Å². The molecule has 1 atom stereocenters. The summed E-state index contributed by atoms with van der Waals surface area (Å²) in [5, 5.41) is 12.7. The van der Waals surface area contributed by atoms with Crippen molar-refractivity contribution < 1.29 is 19.4 Å². The summed E-state index contributed by atoms with van der Waals surface area (Å²) in [6.07, 6.45) is 4.28. The van der Waals surface area contributed by atoms with Crippen LogP contribution in [0.2, 0.25) is 0 Å². The van der Waals surface area contributed by atoms with E-state index < -0.39 is 6.10 Å². The molecule has 0 bridgehead atoms. The molecular formula is C25H29N3O4. The number of nitrogens with two attached hydrogens (primary N) is 1. The zero-order valence-corrected chi connectivity index (χ0v) is 18.2. The Morgan fingerprint density at radius 1 is 1.22 bits per heavy atom. The number of likely N-dealkylation sites (tertiary alicyclic amines) is 1. The maximum atomic E-state index is 11.3. The second kappa shape index (κ2) is 9.97. The average molecular weight is 436 g/mol. The van der Waals surface area contributed by atoms with E-state index in [2.05, 4.69) is 22.0 Å². The standard InChI is InChI=1S/C25H29N3O4/c1-31-21-12-19(13-27-14-21)24-22-5-3-2-4-17(22)6-7-23(24)32-16-20(29)15-28-10-8-18(9-11-28)25(26)30/h2-7,12-14,18,20,29H,8-11,15-16H2,1H3,(H2,26,30). The number of hydrogen-bond donors (Lipinski definition) is 2. The molecule has 0 spiro atoms. The molecule has 3 N–H and O–H groups in total. The zero-order valence-electron chi connectivity index (χ0n) is 18.2. The van der Waals surface area contributed by atoms with E-state index in [0.29, 0.717) is 18.0 Å². The predicted octanol–water partition coefficient (Wildman–Crippen LogP) is 2.85. The summed E-state index contributed by atoms with van der Waals surface area (Å²) in [6.45, 7) is 2.16. The lowest BCUT2D eigenvalue weighted by atomic mass is 9.96. The van der Waals surface area contributed by atoms with Crippen LogP contribution in [0.1, 0.15) is 12.8 Å². The molecule has 1 unspecified atom stereocenters. The van der Waals surface area contributed by atoms with Gasteiger partial charge in [-0.1, -0.05) is 30.3 Å². The summed E-state index contributed by atoms with van der Waals surface area (Å²) in [7, 11) is 1.61. The minimum absolute atomic E-state index is 0.0590. The third-order valence-corrected chi connectivity index (χ3v) is 6.02. The van der Waals surface area contributed by atoms with E-state index in [-0.39, 0.29) is 18.4 Å². The summed E-state index contributed by atoms with van der Waals surface area (Å²) < 4.78 is 11.5. The molecule has 168 valence electrons. The number of piperidine rings is 1. The van der Waals surface area contributed by atoms with Crippen molar-refractivity contribution in [1.29, 1.82) is 0 Å². The Labute approximate surface area is 187 Å². The second-order valence-corrected chi connectivity index (χ2v) is 8.22. The van der Waals surface area contributed by atoms with E-state index in [1.165, 1.54) is 0 Å². The largest absolute Gasteiger partial charge is 0.495 e. The molecule has 1 saturated heterocycles. The maximum absolute atomic E-state index is 11.3. The number of ether oxygens (including phenoxy) is 2. The highest BCUT2D eigenvalue weighted by Crippen LogP contribution is 2.38. The Morgan fingerprint density at radius 3 is 2.75 bits per heavy atom. The molecule has 0 saturated carbocycles. The summed E-state index contributed by atoms with van der Waals surface area (Å²) in [5.74, 6) is 1.06.